The van der Waals surface area contributed by atoms with Gasteiger partial charge in [-0.2, -0.15) is 0 Å². The number of nitrogens with zero attached hydrogens (tertiary/aromatic N) is 1. The third kappa shape index (κ3) is 3.66. The van der Waals surface area contributed by atoms with Gasteiger partial charge in [0.15, 0.2) is 18.1 Å². The minimum Gasteiger partial charge on any atom is -0.478 e. The molecule has 0 saturated heterocycles. The van der Waals surface area contributed by atoms with Gasteiger partial charge in [-0.25, -0.2) is 4.39 Å². The number of halogens is 1. The first-order valence-electron chi connectivity index (χ1n) is 6.70. The van der Waals surface area contributed by atoms with Crippen LogP contribution in [0.4, 0.5) is 10.1 Å². The summed E-state index contributed by atoms with van der Waals surface area (Å²) in [6, 6.07) is 9.87. The number of ketones is 1. The van der Waals surface area contributed by atoms with Gasteiger partial charge >= 0.3 is 5.69 Å². The second kappa shape index (κ2) is 6.80. The number of hydrogen-bond acceptors (Lipinski definition) is 4. The zero-order valence-electron chi connectivity index (χ0n) is 11.9. The van der Waals surface area contributed by atoms with Crippen molar-refractivity contribution in [2.45, 2.75) is 13.3 Å². The SMILES string of the molecule is CCc1ccc(C(=O)COc2cc(F)ccc2[N+](=O)[O-])cc1. The molecule has 0 atom stereocenters. The van der Waals surface area contributed by atoms with E-state index in [0.717, 1.165) is 30.2 Å². The normalized spacial score (nSPS) is 10.3. The van der Waals surface area contributed by atoms with E-state index in [9.17, 15) is 19.3 Å². The van der Waals surface area contributed by atoms with Gasteiger partial charge in [0.2, 0.25) is 0 Å². The average Bonchev–Trinajstić information content (AvgIpc) is 2.52. The van der Waals surface area contributed by atoms with Crippen molar-refractivity contribution < 1.29 is 18.8 Å². The predicted octanol–water partition coefficient (Wildman–Crippen LogP) is 3.56. The molecule has 0 spiro atoms. The molecule has 2 aromatic rings. The quantitative estimate of drug-likeness (QED) is 0.465. The number of carbonyl (C=O) groups excluding carboxylic acids is 1. The molecule has 0 unspecified atom stereocenters. The Kier molecular flexibility index (Phi) is 4.83. The molecule has 0 amide bonds. The molecular weight excluding hydrogens is 289 g/mol. The Balaban J connectivity index is 2.10. The lowest BCUT2D eigenvalue weighted by Crippen LogP contribution is -2.12. The fourth-order valence-electron chi connectivity index (χ4n) is 1.91. The Hall–Kier alpha value is -2.76. The predicted molar refractivity (Wildman–Crippen MR) is 78.7 cm³/mol. The molecule has 0 N–H and O–H groups in total. The van der Waals surface area contributed by atoms with E-state index in [1.54, 1.807) is 12.1 Å². The number of benzene rings is 2. The first-order chi connectivity index (χ1) is 10.5. The van der Waals surface area contributed by atoms with Crippen molar-refractivity contribution >= 4 is 11.5 Å². The highest BCUT2D eigenvalue weighted by molar-refractivity contribution is 5.97. The first kappa shape index (κ1) is 15.6. The third-order valence-corrected chi connectivity index (χ3v) is 3.16. The highest BCUT2D eigenvalue weighted by Crippen LogP contribution is 2.27. The molecule has 0 aliphatic carbocycles. The lowest BCUT2D eigenvalue weighted by Gasteiger charge is -2.07. The van der Waals surface area contributed by atoms with Gasteiger partial charge in [0.05, 0.1) is 4.92 Å². The van der Waals surface area contributed by atoms with Crippen LogP contribution in [-0.4, -0.2) is 17.3 Å². The molecule has 0 aliphatic rings. The van der Waals surface area contributed by atoms with Gasteiger partial charge in [0.25, 0.3) is 0 Å². The third-order valence-electron chi connectivity index (χ3n) is 3.16. The number of nitro benzene ring substituents is 1. The molecule has 0 fully saturated rings. The molecule has 0 radical (unpaired) electrons. The van der Waals surface area contributed by atoms with Crippen LogP contribution in [0.2, 0.25) is 0 Å². The lowest BCUT2D eigenvalue weighted by molar-refractivity contribution is -0.385. The summed E-state index contributed by atoms with van der Waals surface area (Å²) in [5, 5.41) is 10.8. The van der Waals surface area contributed by atoms with E-state index in [-0.39, 0.29) is 17.2 Å². The molecule has 0 aromatic heterocycles. The van der Waals surface area contributed by atoms with Crippen molar-refractivity contribution in [2.24, 2.45) is 0 Å². The molecule has 0 saturated carbocycles. The minimum absolute atomic E-state index is 0.261. The summed E-state index contributed by atoms with van der Waals surface area (Å²) in [4.78, 5) is 22.1. The first-order valence-corrected chi connectivity index (χ1v) is 6.70. The Morgan fingerprint density at radius 2 is 1.91 bits per heavy atom. The van der Waals surface area contributed by atoms with E-state index in [1.807, 2.05) is 19.1 Å². The highest BCUT2D eigenvalue weighted by Gasteiger charge is 2.17. The second-order valence-electron chi connectivity index (χ2n) is 4.63. The summed E-state index contributed by atoms with van der Waals surface area (Å²) >= 11 is 0. The van der Waals surface area contributed by atoms with E-state index in [0.29, 0.717) is 5.56 Å². The molecule has 114 valence electrons. The maximum absolute atomic E-state index is 13.2. The summed E-state index contributed by atoms with van der Waals surface area (Å²) in [6.07, 6.45) is 0.862. The van der Waals surface area contributed by atoms with Gasteiger partial charge in [0.1, 0.15) is 5.82 Å². The monoisotopic (exact) mass is 303 g/mol. The number of Topliss-reactive ketones (excluding diaryl/α,β-unsaturated/α-hetero) is 1. The fourth-order valence-corrected chi connectivity index (χ4v) is 1.91. The van der Waals surface area contributed by atoms with Crippen molar-refractivity contribution in [3.8, 4) is 5.75 Å². The summed E-state index contributed by atoms with van der Waals surface area (Å²) < 4.78 is 18.3. The van der Waals surface area contributed by atoms with Crippen LogP contribution in [0.5, 0.6) is 5.75 Å². The second-order valence-corrected chi connectivity index (χ2v) is 4.63. The fraction of sp³-hybridized carbons (Fsp3) is 0.188. The van der Waals surface area contributed by atoms with Crippen LogP contribution >= 0.6 is 0 Å². The van der Waals surface area contributed by atoms with Gasteiger partial charge in [-0.3, -0.25) is 14.9 Å². The zero-order valence-corrected chi connectivity index (χ0v) is 11.9. The van der Waals surface area contributed by atoms with Gasteiger partial charge < -0.3 is 4.74 Å². The van der Waals surface area contributed by atoms with Crippen LogP contribution in [0.1, 0.15) is 22.8 Å². The maximum atomic E-state index is 13.2. The van der Waals surface area contributed by atoms with Crippen LogP contribution in [-0.2, 0) is 6.42 Å². The Morgan fingerprint density at radius 3 is 2.50 bits per heavy atom. The topological polar surface area (TPSA) is 69.4 Å². The van der Waals surface area contributed by atoms with E-state index < -0.39 is 17.3 Å². The van der Waals surface area contributed by atoms with Gasteiger partial charge in [-0.15, -0.1) is 0 Å². The van der Waals surface area contributed by atoms with Crippen LogP contribution < -0.4 is 4.74 Å². The minimum atomic E-state index is -0.685. The summed E-state index contributed by atoms with van der Waals surface area (Å²) in [6.45, 7) is 1.61. The van der Waals surface area contributed by atoms with Crippen LogP contribution in [0, 0.1) is 15.9 Å². The number of rotatable bonds is 6. The van der Waals surface area contributed by atoms with Crippen molar-refractivity contribution in [1.29, 1.82) is 0 Å². The molecule has 0 aliphatic heterocycles. The zero-order chi connectivity index (χ0) is 16.1. The van der Waals surface area contributed by atoms with E-state index in [4.69, 9.17) is 4.74 Å². The lowest BCUT2D eigenvalue weighted by atomic mass is 10.1. The molecule has 5 nitrogen and oxygen atoms in total. The van der Waals surface area contributed by atoms with E-state index in [1.165, 1.54) is 0 Å². The van der Waals surface area contributed by atoms with Gasteiger partial charge in [-0.1, -0.05) is 31.2 Å². The number of hydrogen-bond donors (Lipinski definition) is 0. The van der Waals surface area contributed by atoms with Crippen LogP contribution in [0.25, 0.3) is 0 Å². The molecule has 0 bridgehead atoms. The van der Waals surface area contributed by atoms with Crippen molar-refractivity contribution in [2.75, 3.05) is 6.61 Å². The van der Waals surface area contributed by atoms with Gasteiger partial charge in [-0.05, 0) is 18.1 Å². The van der Waals surface area contributed by atoms with E-state index in [2.05, 4.69) is 0 Å². The maximum Gasteiger partial charge on any atom is 0.311 e. The number of nitro groups is 1. The number of aryl methyl sites for hydroxylation is 1. The largest absolute Gasteiger partial charge is 0.478 e. The Labute approximate surface area is 126 Å². The highest BCUT2D eigenvalue weighted by atomic mass is 19.1. The Morgan fingerprint density at radius 1 is 1.23 bits per heavy atom. The molecule has 0 heterocycles. The standard InChI is InChI=1S/C16H14FNO4/c1-2-11-3-5-12(6-4-11)15(19)10-22-16-9-13(17)7-8-14(16)18(20)21/h3-9H,2,10H2,1H3. The molecule has 22 heavy (non-hydrogen) atoms. The molecule has 2 aromatic carbocycles. The van der Waals surface area contributed by atoms with E-state index >= 15 is 0 Å². The van der Waals surface area contributed by atoms with Crippen LogP contribution in [0.15, 0.2) is 42.5 Å². The summed E-state index contributed by atoms with van der Waals surface area (Å²) in [5.74, 6) is -1.26. The smallest absolute Gasteiger partial charge is 0.311 e. The Bertz CT molecular complexity index is 698. The summed E-state index contributed by atoms with van der Waals surface area (Å²) in [5.41, 5.74) is 1.16. The molecule has 6 heteroatoms. The molecule has 2 rings (SSSR count). The average molecular weight is 303 g/mol. The number of ether oxygens (including phenoxy) is 1. The van der Waals surface area contributed by atoms with Crippen molar-refractivity contribution in [3.63, 3.8) is 0 Å². The van der Waals surface area contributed by atoms with Gasteiger partial charge in [0, 0.05) is 17.7 Å². The number of carbonyl (C=O) groups is 1. The van der Waals surface area contributed by atoms with Crippen molar-refractivity contribution in [3.05, 3.63) is 69.5 Å². The molecular formula is C16H14FNO4. The summed E-state index contributed by atoms with van der Waals surface area (Å²) in [7, 11) is 0. The van der Waals surface area contributed by atoms with Crippen molar-refractivity contribution in [1.82, 2.24) is 0 Å². The van der Waals surface area contributed by atoms with Crippen LogP contribution in [0.3, 0.4) is 0 Å².